The van der Waals surface area contributed by atoms with Crippen LogP contribution < -0.4 is 10.2 Å². The van der Waals surface area contributed by atoms with Crippen LogP contribution in [0.4, 0.5) is 11.4 Å². The highest BCUT2D eigenvalue weighted by Gasteiger charge is 2.36. The molecule has 1 aliphatic rings. The molecule has 0 aromatic heterocycles. The van der Waals surface area contributed by atoms with Crippen molar-refractivity contribution in [2.45, 2.75) is 65.7 Å². The second-order valence-electron chi connectivity index (χ2n) is 10.4. The molecular formula is C27H36N2O2S. The van der Waals surface area contributed by atoms with E-state index in [4.69, 9.17) is 0 Å². The Balaban J connectivity index is 1.86. The van der Waals surface area contributed by atoms with Crippen molar-refractivity contribution >= 4 is 35.0 Å². The molecule has 1 fully saturated rings. The summed E-state index contributed by atoms with van der Waals surface area (Å²) in [6.07, 6.45) is 1.48. The minimum absolute atomic E-state index is 0.0256. The summed E-state index contributed by atoms with van der Waals surface area (Å²) < 4.78 is 0. The lowest BCUT2D eigenvalue weighted by atomic mass is 9.84. The first-order valence-corrected chi connectivity index (χ1v) is 12.5. The van der Waals surface area contributed by atoms with Crippen molar-refractivity contribution < 1.29 is 9.59 Å². The predicted octanol–water partition coefficient (Wildman–Crippen LogP) is 6.99. The van der Waals surface area contributed by atoms with Crippen LogP contribution in [-0.2, 0) is 9.59 Å². The van der Waals surface area contributed by atoms with Gasteiger partial charge in [-0.2, -0.15) is 0 Å². The van der Waals surface area contributed by atoms with Gasteiger partial charge < -0.3 is 5.32 Å². The first-order valence-electron chi connectivity index (χ1n) is 11.5. The minimum atomic E-state index is -0.161. The molecule has 4 nitrogen and oxygen atoms in total. The Morgan fingerprint density at radius 2 is 1.75 bits per heavy atom. The summed E-state index contributed by atoms with van der Waals surface area (Å²) in [7, 11) is 0. The summed E-state index contributed by atoms with van der Waals surface area (Å²) in [5.74, 6) is 1.18. The Morgan fingerprint density at radius 1 is 1.09 bits per heavy atom. The molecule has 1 aliphatic heterocycles. The molecule has 2 aromatic carbocycles. The van der Waals surface area contributed by atoms with Crippen LogP contribution in [0.1, 0.15) is 76.8 Å². The van der Waals surface area contributed by atoms with E-state index in [1.165, 1.54) is 0 Å². The van der Waals surface area contributed by atoms with Gasteiger partial charge in [0, 0.05) is 23.4 Å². The molecule has 0 spiro atoms. The number of hydrogen-bond donors (Lipinski definition) is 1. The van der Waals surface area contributed by atoms with Gasteiger partial charge in [0.1, 0.15) is 5.37 Å². The van der Waals surface area contributed by atoms with E-state index >= 15 is 0 Å². The van der Waals surface area contributed by atoms with E-state index in [2.05, 4.69) is 52.9 Å². The Bertz CT molecular complexity index is 964. The first-order chi connectivity index (χ1) is 15.1. The topological polar surface area (TPSA) is 49.4 Å². The van der Waals surface area contributed by atoms with E-state index in [1.807, 2.05) is 47.4 Å². The van der Waals surface area contributed by atoms with Crippen LogP contribution in [0.15, 0.2) is 48.5 Å². The van der Waals surface area contributed by atoms with Gasteiger partial charge in [0.25, 0.3) is 0 Å². The molecular weight excluding hydrogens is 416 g/mol. The highest BCUT2D eigenvalue weighted by molar-refractivity contribution is 8.00. The van der Waals surface area contributed by atoms with Crippen molar-refractivity contribution in [2.24, 2.45) is 11.3 Å². The fraction of sp³-hybridized carbons (Fsp3) is 0.481. The average molecular weight is 453 g/mol. The van der Waals surface area contributed by atoms with Gasteiger partial charge in [0.05, 0.1) is 5.75 Å². The van der Waals surface area contributed by atoms with Gasteiger partial charge >= 0.3 is 0 Å². The maximum absolute atomic E-state index is 13.0. The van der Waals surface area contributed by atoms with Crippen molar-refractivity contribution in [3.63, 3.8) is 0 Å². The van der Waals surface area contributed by atoms with Gasteiger partial charge in [-0.05, 0) is 41.4 Å². The van der Waals surface area contributed by atoms with E-state index in [9.17, 15) is 9.59 Å². The standard InChI is InChI=1S/C27H36N2O2S/c1-18(2)20-11-8-10-14-23(20)29-25(31)17-32-26(29)21-12-7-9-13-22(21)28-24(30)15-19(3)16-27(4,5)6/h7-14,18-19,26H,15-17H2,1-6H3,(H,28,30). The number of nitrogens with zero attached hydrogens (tertiary/aromatic N) is 1. The van der Waals surface area contributed by atoms with Crippen molar-refractivity contribution in [2.75, 3.05) is 16.0 Å². The Kier molecular flexibility index (Phi) is 7.71. The van der Waals surface area contributed by atoms with Gasteiger partial charge in [-0.3, -0.25) is 14.5 Å². The largest absolute Gasteiger partial charge is 0.326 e. The molecule has 1 saturated heterocycles. The number of carbonyl (C=O) groups is 2. The number of thioether (sulfide) groups is 1. The van der Waals surface area contributed by atoms with Gasteiger partial charge in [-0.1, -0.05) is 77.9 Å². The van der Waals surface area contributed by atoms with E-state index in [1.54, 1.807) is 11.8 Å². The third-order valence-corrected chi connectivity index (χ3v) is 6.88. The molecule has 2 aromatic rings. The smallest absolute Gasteiger partial charge is 0.238 e. The predicted molar refractivity (Wildman–Crippen MR) is 136 cm³/mol. The number of nitrogens with one attached hydrogen (secondary N) is 1. The lowest BCUT2D eigenvalue weighted by Crippen LogP contribution is -2.29. The minimum Gasteiger partial charge on any atom is -0.326 e. The van der Waals surface area contributed by atoms with E-state index in [0.29, 0.717) is 24.0 Å². The van der Waals surface area contributed by atoms with Crippen LogP contribution in [0.5, 0.6) is 0 Å². The summed E-state index contributed by atoms with van der Waals surface area (Å²) >= 11 is 1.62. The summed E-state index contributed by atoms with van der Waals surface area (Å²) in [6, 6.07) is 16.0. The monoisotopic (exact) mass is 452 g/mol. The molecule has 1 N–H and O–H groups in total. The van der Waals surface area contributed by atoms with Crippen molar-refractivity contribution in [3.8, 4) is 0 Å². The molecule has 0 aliphatic carbocycles. The molecule has 2 unspecified atom stereocenters. The third kappa shape index (κ3) is 5.94. The van der Waals surface area contributed by atoms with Crippen LogP contribution in [0.3, 0.4) is 0 Å². The van der Waals surface area contributed by atoms with Crippen LogP contribution >= 0.6 is 11.8 Å². The first kappa shape index (κ1) is 24.4. The number of para-hydroxylation sites is 2. The summed E-state index contributed by atoms with van der Waals surface area (Å²) in [4.78, 5) is 27.7. The number of benzene rings is 2. The zero-order chi connectivity index (χ0) is 23.5. The van der Waals surface area contributed by atoms with Crippen LogP contribution in [0, 0.1) is 11.3 Å². The maximum atomic E-state index is 13.0. The SMILES string of the molecule is CC(CC(=O)Nc1ccccc1C1SCC(=O)N1c1ccccc1C(C)C)CC(C)(C)C. The molecule has 172 valence electrons. The van der Waals surface area contributed by atoms with Gasteiger partial charge in [-0.15, -0.1) is 11.8 Å². The van der Waals surface area contributed by atoms with Gasteiger partial charge in [0.15, 0.2) is 0 Å². The van der Waals surface area contributed by atoms with Crippen LogP contribution in [0.2, 0.25) is 0 Å². The fourth-order valence-electron chi connectivity index (χ4n) is 4.57. The fourth-order valence-corrected chi connectivity index (χ4v) is 5.78. The van der Waals surface area contributed by atoms with Crippen molar-refractivity contribution in [3.05, 3.63) is 59.7 Å². The molecule has 1 heterocycles. The van der Waals surface area contributed by atoms with E-state index < -0.39 is 0 Å². The third-order valence-electron chi connectivity index (χ3n) is 5.68. The molecule has 2 amide bonds. The average Bonchev–Trinajstić information content (AvgIpc) is 3.07. The maximum Gasteiger partial charge on any atom is 0.238 e. The number of hydrogen-bond acceptors (Lipinski definition) is 3. The van der Waals surface area contributed by atoms with Crippen molar-refractivity contribution in [1.29, 1.82) is 0 Å². The number of anilines is 2. The Labute approximate surface area is 197 Å². The highest BCUT2D eigenvalue weighted by atomic mass is 32.2. The van der Waals surface area contributed by atoms with Crippen LogP contribution in [0.25, 0.3) is 0 Å². The molecule has 2 atom stereocenters. The van der Waals surface area contributed by atoms with Crippen molar-refractivity contribution in [1.82, 2.24) is 0 Å². The molecule has 5 heteroatoms. The van der Waals surface area contributed by atoms with Gasteiger partial charge in [-0.25, -0.2) is 0 Å². The summed E-state index contributed by atoms with van der Waals surface area (Å²) in [5, 5.41) is 2.98. The van der Waals surface area contributed by atoms with Crippen LogP contribution in [-0.4, -0.2) is 17.6 Å². The lowest BCUT2D eigenvalue weighted by Gasteiger charge is -2.29. The number of carbonyl (C=O) groups excluding carboxylic acids is 2. The Hall–Kier alpha value is -2.27. The summed E-state index contributed by atoms with van der Waals surface area (Å²) in [6.45, 7) is 13.0. The lowest BCUT2D eigenvalue weighted by molar-refractivity contribution is -0.117. The number of rotatable bonds is 7. The highest BCUT2D eigenvalue weighted by Crippen LogP contribution is 2.46. The second kappa shape index (κ2) is 10.1. The van der Waals surface area contributed by atoms with Gasteiger partial charge in [0.2, 0.25) is 11.8 Å². The normalized spacial score (nSPS) is 17.7. The molecule has 3 rings (SSSR count). The molecule has 0 bridgehead atoms. The Morgan fingerprint density at radius 3 is 2.44 bits per heavy atom. The molecule has 32 heavy (non-hydrogen) atoms. The number of amides is 2. The quantitative estimate of drug-likeness (QED) is 0.492. The molecule has 0 saturated carbocycles. The molecule has 0 radical (unpaired) electrons. The van der Waals surface area contributed by atoms with E-state index in [0.717, 1.165) is 28.9 Å². The van der Waals surface area contributed by atoms with E-state index in [-0.39, 0.29) is 22.6 Å². The zero-order valence-corrected chi connectivity index (χ0v) is 21.0. The summed E-state index contributed by atoms with van der Waals surface area (Å²) in [5.41, 5.74) is 4.08. The zero-order valence-electron chi connectivity index (χ0n) is 20.1. The second-order valence-corrected chi connectivity index (χ2v) is 11.4.